The summed E-state index contributed by atoms with van der Waals surface area (Å²) in [4.78, 5) is 0. The summed E-state index contributed by atoms with van der Waals surface area (Å²) < 4.78 is 6.56. The first-order valence-corrected chi connectivity index (χ1v) is 7.69. The van der Waals surface area contributed by atoms with Crippen molar-refractivity contribution >= 4 is 15.9 Å². The van der Waals surface area contributed by atoms with Crippen LogP contribution in [0, 0.1) is 5.41 Å². The molecule has 19 heavy (non-hydrogen) atoms. The topological polar surface area (TPSA) is 21.3 Å². The molecule has 0 heterocycles. The fourth-order valence-corrected chi connectivity index (χ4v) is 2.60. The van der Waals surface area contributed by atoms with E-state index >= 15 is 0 Å². The molecular formula is C16H26BrNO. The van der Waals surface area contributed by atoms with Crippen LogP contribution in [0.4, 0.5) is 0 Å². The predicted octanol–water partition coefficient (Wildman–Crippen LogP) is 4.41. The minimum Gasteiger partial charge on any atom is -0.496 e. The first-order chi connectivity index (χ1) is 8.84. The first kappa shape index (κ1) is 16.5. The van der Waals surface area contributed by atoms with Crippen LogP contribution in [-0.2, 0) is 6.42 Å². The Hall–Kier alpha value is -0.540. The van der Waals surface area contributed by atoms with E-state index in [1.54, 1.807) is 7.11 Å². The van der Waals surface area contributed by atoms with E-state index < -0.39 is 0 Å². The van der Waals surface area contributed by atoms with Crippen molar-refractivity contribution in [2.24, 2.45) is 5.41 Å². The van der Waals surface area contributed by atoms with Crippen molar-refractivity contribution < 1.29 is 4.74 Å². The number of hydrogen-bond donors (Lipinski definition) is 1. The molecule has 0 aromatic heterocycles. The molecule has 0 aliphatic heterocycles. The smallest absolute Gasteiger partial charge is 0.122 e. The van der Waals surface area contributed by atoms with Crippen molar-refractivity contribution in [2.75, 3.05) is 13.7 Å². The van der Waals surface area contributed by atoms with Gasteiger partial charge in [-0.15, -0.1) is 0 Å². The van der Waals surface area contributed by atoms with Gasteiger partial charge < -0.3 is 10.1 Å². The molecule has 1 aromatic carbocycles. The third kappa shape index (κ3) is 5.96. The summed E-state index contributed by atoms with van der Waals surface area (Å²) in [6.07, 6.45) is 2.18. The number of methoxy groups -OCH3 is 1. The molecular weight excluding hydrogens is 302 g/mol. The van der Waals surface area contributed by atoms with Crippen LogP contribution in [0.25, 0.3) is 0 Å². The van der Waals surface area contributed by atoms with E-state index in [2.05, 4.69) is 55.0 Å². The maximum Gasteiger partial charge on any atom is 0.122 e. The average Bonchev–Trinajstić information content (AvgIpc) is 2.27. The Labute approximate surface area is 126 Å². The normalized spacial score (nSPS) is 11.9. The molecule has 0 atom stereocenters. The lowest BCUT2D eigenvalue weighted by Gasteiger charge is -2.26. The number of ether oxygens (including phenoxy) is 1. The van der Waals surface area contributed by atoms with Gasteiger partial charge in [0.1, 0.15) is 5.75 Å². The molecule has 1 rings (SSSR count). The standard InChI is InChI=1S/C16H26BrNO/c1-12(2)18-9-8-16(3,4)11-13-10-14(17)6-7-15(13)19-5/h6-7,10,12,18H,8-9,11H2,1-5H3. The van der Waals surface area contributed by atoms with Gasteiger partial charge in [0.2, 0.25) is 0 Å². The summed E-state index contributed by atoms with van der Waals surface area (Å²) in [6.45, 7) is 10.1. The zero-order valence-electron chi connectivity index (χ0n) is 12.7. The van der Waals surface area contributed by atoms with Crippen LogP contribution >= 0.6 is 15.9 Å². The van der Waals surface area contributed by atoms with E-state index in [0.717, 1.165) is 29.6 Å². The fourth-order valence-electron chi connectivity index (χ4n) is 2.19. The molecule has 0 unspecified atom stereocenters. The molecule has 1 N–H and O–H groups in total. The maximum atomic E-state index is 5.45. The summed E-state index contributed by atoms with van der Waals surface area (Å²) in [7, 11) is 1.74. The lowest BCUT2D eigenvalue weighted by Crippen LogP contribution is -2.28. The molecule has 0 spiro atoms. The van der Waals surface area contributed by atoms with Gasteiger partial charge in [0, 0.05) is 10.5 Å². The highest BCUT2D eigenvalue weighted by molar-refractivity contribution is 9.10. The molecule has 2 nitrogen and oxygen atoms in total. The van der Waals surface area contributed by atoms with Gasteiger partial charge in [0.25, 0.3) is 0 Å². The quantitative estimate of drug-likeness (QED) is 0.800. The molecule has 0 radical (unpaired) electrons. The summed E-state index contributed by atoms with van der Waals surface area (Å²) >= 11 is 3.54. The highest BCUT2D eigenvalue weighted by Crippen LogP contribution is 2.32. The lowest BCUT2D eigenvalue weighted by molar-refractivity contribution is 0.313. The molecule has 0 saturated carbocycles. The van der Waals surface area contributed by atoms with Crippen LogP contribution in [0.3, 0.4) is 0 Å². The van der Waals surface area contributed by atoms with Gasteiger partial charge in [-0.1, -0.05) is 43.6 Å². The van der Waals surface area contributed by atoms with Gasteiger partial charge >= 0.3 is 0 Å². The second-order valence-corrected chi connectivity index (χ2v) is 7.07. The van der Waals surface area contributed by atoms with Crippen molar-refractivity contribution in [2.45, 2.75) is 46.6 Å². The Bertz CT molecular complexity index is 402. The van der Waals surface area contributed by atoms with Crippen molar-refractivity contribution in [1.82, 2.24) is 5.32 Å². The summed E-state index contributed by atoms with van der Waals surface area (Å²) in [6, 6.07) is 6.77. The van der Waals surface area contributed by atoms with E-state index in [4.69, 9.17) is 4.74 Å². The zero-order valence-corrected chi connectivity index (χ0v) is 14.3. The maximum absolute atomic E-state index is 5.45. The van der Waals surface area contributed by atoms with Crippen LogP contribution in [0.1, 0.15) is 39.7 Å². The van der Waals surface area contributed by atoms with Crippen LogP contribution in [-0.4, -0.2) is 19.7 Å². The van der Waals surface area contributed by atoms with Gasteiger partial charge in [-0.3, -0.25) is 0 Å². The number of halogens is 1. The highest BCUT2D eigenvalue weighted by atomic mass is 79.9. The third-order valence-corrected chi connectivity index (χ3v) is 3.76. The van der Waals surface area contributed by atoms with Gasteiger partial charge in [0.05, 0.1) is 7.11 Å². The molecule has 0 bridgehead atoms. The van der Waals surface area contributed by atoms with Crippen molar-refractivity contribution in [3.63, 3.8) is 0 Å². The number of benzene rings is 1. The molecule has 0 fully saturated rings. The molecule has 0 aliphatic carbocycles. The molecule has 0 saturated heterocycles. The van der Waals surface area contributed by atoms with Gasteiger partial charge in [-0.05, 0) is 48.6 Å². The second kappa shape index (κ2) is 7.30. The minimum atomic E-state index is 0.260. The van der Waals surface area contributed by atoms with E-state index in [1.165, 1.54) is 5.56 Å². The van der Waals surface area contributed by atoms with Crippen molar-refractivity contribution in [3.05, 3.63) is 28.2 Å². The van der Waals surface area contributed by atoms with E-state index in [1.807, 2.05) is 12.1 Å². The van der Waals surface area contributed by atoms with Gasteiger partial charge in [-0.25, -0.2) is 0 Å². The third-order valence-electron chi connectivity index (χ3n) is 3.27. The SMILES string of the molecule is COc1ccc(Br)cc1CC(C)(C)CCNC(C)C. The lowest BCUT2D eigenvalue weighted by atomic mass is 9.82. The Kier molecular flexibility index (Phi) is 6.34. The van der Waals surface area contributed by atoms with Crippen LogP contribution in [0.2, 0.25) is 0 Å². The van der Waals surface area contributed by atoms with Crippen LogP contribution < -0.4 is 10.1 Å². The summed E-state index contributed by atoms with van der Waals surface area (Å²) in [5.74, 6) is 0.980. The molecule has 3 heteroatoms. The Morgan fingerprint density at radius 3 is 2.58 bits per heavy atom. The van der Waals surface area contributed by atoms with Crippen LogP contribution in [0.5, 0.6) is 5.75 Å². The number of hydrogen-bond acceptors (Lipinski definition) is 2. The molecule has 1 aromatic rings. The van der Waals surface area contributed by atoms with E-state index in [9.17, 15) is 0 Å². The zero-order chi connectivity index (χ0) is 14.5. The van der Waals surface area contributed by atoms with E-state index in [0.29, 0.717) is 6.04 Å². The van der Waals surface area contributed by atoms with Crippen molar-refractivity contribution in [1.29, 1.82) is 0 Å². The Morgan fingerprint density at radius 2 is 2.00 bits per heavy atom. The average molecular weight is 328 g/mol. The highest BCUT2D eigenvalue weighted by Gasteiger charge is 2.20. The van der Waals surface area contributed by atoms with Crippen molar-refractivity contribution in [3.8, 4) is 5.75 Å². The number of rotatable bonds is 7. The minimum absolute atomic E-state index is 0.260. The summed E-state index contributed by atoms with van der Waals surface area (Å²) in [5, 5.41) is 3.49. The number of nitrogens with one attached hydrogen (secondary N) is 1. The summed E-state index contributed by atoms with van der Waals surface area (Å²) in [5.41, 5.74) is 1.53. The molecule has 0 amide bonds. The molecule has 0 aliphatic rings. The van der Waals surface area contributed by atoms with Crippen LogP contribution in [0.15, 0.2) is 22.7 Å². The Morgan fingerprint density at radius 1 is 1.32 bits per heavy atom. The fraction of sp³-hybridized carbons (Fsp3) is 0.625. The largest absolute Gasteiger partial charge is 0.496 e. The monoisotopic (exact) mass is 327 g/mol. The van der Waals surface area contributed by atoms with Gasteiger partial charge in [-0.2, -0.15) is 0 Å². The second-order valence-electron chi connectivity index (χ2n) is 6.16. The van der Waals surface area contributed by atoms with E-state index in [-0.39, 0.29) is 5.41 Å². The van der Waals surface area contributed by atoms with Gasteiger partial charge in [0.15, 0.2) is 0 Å². The Balaban J connectivity index is 2.68. The first-order valence-electron chi connectivity index (χ1n) is 6.90. The predicted molar refractivity (Wildman–Crippen MR) is 85.9 cm³/mol. The molecule has 108 valence electrons.